The molecule has 0 amide bonds. The smallest absolute Gasteiger partial charge is 0.295 e. The van der Waals surface area contributed by atoms with Crippen LogP contribution in [0.3, 0.4) is 0 Å². The SMILES string of the molecule is CCN(CCCC(C)(C)C#N)CC(F)(F)F. The highest BCUT2D eigenvalue weighted by molar-refractivity contribution is 4.91. The molecule has 0 spiro atoms. The van der Waals surface area contributed by atoms with Crippen molar-refractivity contribution in [2.45, 2.75) is 39.8 Å². The highest BCUT2D eigenvalue weighted by Gasteiger charge is 2.30. The minimum Gasteiger partial charge on any atom is -0.295 e. The third-order valence-electron chi connectivity index (χ3n) is 2.43. The normalized spacial score (nSPS) is 12.9. The van der Waals surface area contributed by atoms with Crippen LogP contribution < -0.4 is 0 Å². The fourth-order valence-corrected chi connectivity index (χ4v) is 1.40. The maximum Gasteiger partial charge on any atom is 0.401 e. The molecule has 0 heterocycles. The van der Waals surface area contributed by atoms with E-state index in [1.807, 2.05) is 0 Å². The van der Waals surface area contributed by atoms with Gasteiger partial charge >= 0.3 is 6.18 Å². The Morgan fingerprint density at radius 1 is 1.25 bits per heavy atom. The molecule has 94 valence electrons. The maximum absolute atomic E-state index is 12.1. The van der Waals surface area contributed by atoms with E-state index < -0.39 is 18.1 Å². The Morgan fingerprint density at radius 3 is 2.19 bits per heavy atom. The summed E-state index contributed by atoms with van der Waals surface area (Å²) < 4.78 is 36.4. The predicted octanol–water partition coefficient (Wildman–Crippen LogP) is 3.20. The monoisotopic (exact) mass is 236 g/mol. The topological polar surface area (TPSA) is 27.0 Å². The molecular weight excluding hydrogens is 217 g/mol. The number of nitrogens with zero attached hydrogens (tertiary/aromatic N) is 2. The molecule has 0 aliphatic carbocycles. The Labute approximate surface area is 95.0 Å². The number of hydrogen-bond acceptors (Lipinski definition) is 2. The summed E-state index contributed by atoms with van der Waals surface area (Å²) in [5.74, 6) is 0. The summed E-state index contributed by atoms with van der Waals surface area (Å²) in [6.07, 6.45) is -2.90. The number of hydrogen-bond donors (Lipinski definition) is 0. The minimum atomic E-state index is -4.14. The zero-order chi connectivity index (χ0) is 12.8. The quantitative estimate of drug-likeness (QED) is 0.708. The van der Waals surface area contributed by atoms with E-state index in [1.165, 1.54) is 4.90 Å². The first-order chi connectivity index (χ1) is 7.20. The van der Waals surface area contributed by atoms with Crippen LogP contribution in [0.2, 0.25) is 0 Å². The molecule has 0 aliphatic rings. The predicted molar refractivity (Wildman–Crippen MR) is 56.8 cm³/mol. The fraction of sp³-hybridized carbons (Fsp3) is 0.909. The molecule has 2 nitrogen and oxygen atoms in total. The molecule has 0 saturated heterocycles. The average molecular weight is 236 g/mol. The lowest BCUT2D eigenvalue weighted by Gasteiger charge is -2.23. The average Bonchev–Trinajstić information content (AvgIpc) is 2.14. The Morgan fingerprint density at radius 2 is 1.81 bits per heavy atom. The van der Waals surface area contributed by atoms with Crippen molar-refractivity contribution in [1.29, 1.82) is 5.26 Å². The molecule has 0 atom stereocenters. The number of halogens is 3. The molecule has 0 rings (SSSR count). The van der Waals surface area contributed by atoms with E-state index in [1.54, 1.807) is 20.8 Å². The molecule has 0 bridgehead atoms. The van der Waals surface area contributed by atoms with Gasteiger partial charge in [-0.3, -0.25) is 4.90 Å². The van der Waals surface area contributed by atoms with Gasteiger partial charge < -0.3 is 0 Å². The van der Waals surface area contributed by atoms with E-state index in [9.17, 15) is 13.2 Å². The Balaban J connectivity index is 3.95. The van der Waals surface area contributed by atoms with Gasteiger partial charge in [0.25, 0.3) is 0 Å². The van der Waals surface area contributed by atoms with Crippen molar-refractivity contribution in [3.63, 3.8) is 0 Å². The molecule has 0 fully saturated rings. The van der Waals surface area contributed by atoms with Crippen LogP contribution in [0.15, 0.2) is 0 Å². The van der Waals surface area contributed by atoms with E-state index >= 15 is 0 Å². The molecule has 0 aromatic rings. The second-order valence-corrected chi connectivity index (χ2v) is 4.58. The first kappa shape index (κ1) is 15.2. The molecule has 0 unspecified atom stereocenters. The lowest BCUT2D eigenvalue weighted by Crippen LogP contribution is -2.35. The summed E-state index contributed by atoms with van der Waals surface area (Å²) in [5, 5.41) is 8.76. The van der Waals surface area contributed by atoms with Crippen LogP contribution in [0.25, 0.3) is 0 Å². The van der Waals surface area contributed by atoms with Crippen LogP contribution in [-0.2, 0) is 0 Å². The van der Waals surface area contributed by atoms with Gasteiger partial charge in [0, 0.05) is 0 Å². The standard InChI is InChI=1S/C11H19F3N2/c1-4-16(9-11(12,13)14)7-5-6-10(2,3)8-15/h4-7,9H2,1-3H3. The van der Waals surface area contributed by atoms with Crippen LogP contribution in [0.1, 0.15) is 33.6 Å². The Kier molecular flexibility index (Phi) is 5.80. The number of nitriles is 1. The van der Waals surface area contributed by atoms with Crippen molar-refractivity contribution in [1.82, 2.24) is 4.90 Å². The molecule has 5 heteroatoms. The summed E-state index contributed by atoms with van der Waals surface area (Å²) in [6.45, 7) is 5.21. The minimum absolute atomic E-state index is 0.381. The van der Waals surface area contributed by atoms with Crippen molar-refractivity contribution in [2.75, 3.05) is 19.6 Å². The first-order valence-electron chi connectivity index (χ1n) is 5.40. The third kappa shape index (κ3) is 7.52. The van der Waals surface area contributed by atoms with E-state index in [0.29, 0.717) is 25.9 Å². The van der Waals surface area contributed by atoms with Gasteiger partial charge in [0.2, 0.25) is 0 Å². The molecule has 0 N–H and O–H groups in total. The molecular formula is C11H19F3N2. The van der Waals surface area contributed by atoms with Crippen LogP contribution in [-0.4, -0.2) is 30.7 Å². The number of rotatable bonds is 6. The van der Waals surface area contributed by atoms with Crippen molar-refractivity contribution >= 4 is 0 Å². The summed E-state index contributed by atoms with van der Waals surface area (Å²) >= 11 is 0. The summed E-state index contributed by atoms with van der Waals surface area (Å²) in [7, 11) is 0. The van der Waals surface area contributed by atoms with Gasteiger partial charge in [0.15, 0.2) is 0 Å². The van der Waals surface area contributed by atoms with Gasteiger partial charge in [-0.25, -0.2) is 0 Å². The van der Waals surface area contributed by atoms with Gasteiger partial charge in [0.05, 0.1) is 18.0 Å². The van der Waals surface area contributed by atoms with Crippen molar-refractivity contribution in [2.24, 2.45) is 5.41 Å². The van der Waals surface area contributed by atoms with Crippen molar-refractivity contribution < 1.29 is 13.2 Å². The van der Waals surface area contributed by atoms with Gasteiger partial charge in [-0.2, -0.15) is 18.4 Å². The second kappa shape index (κ2) is 6.09. The van der Waals surface area contributed by atoms with Gasteiger partial charge in [-0.15, -0.1) is 0 Å². The van der Waals surface area contributed by atoms with Crippen LogP contribution in [0.5, 0.6) is 0 Å². The lowest BCUT2D eigenvalue weighted by molar-refractivity contribution is -0.145. The number of alkyl halides is 3. The maximum atomic E-state index is 12.1. The van der Waals surface area contributed by atoms with Crippen LogP contribution in [0.4, 0.5) is 13.2 Å². The highest BCUT2D eigenvalue weighted by atomic mass is 19.4. The summed E-state index contributed by atoms with van der Waals surface area (Å²) in [4.78, 5) is 1.35. The second-order valence-electron chi connectivity index (χ2n) is 4.58. The van der Waals surface area contributed by atoms with E-state index in [2.05, 4.69) is 6.07 Å². The first-order valence-corrected chi connectivity index (χ1v) is 5.40. The third-order valence-corrected chi connectivity index (χ3v) is 2.43. The fourth-order valence-electron chi connectivity index (χ4n) is 1.40. The Hall–Kier alpha value is -0.760. The molecule has 0 saturated carbocycles. The van der Waals surface area contributed by atoms with Gasteiger partial charge in [-0.1, -0.05) is 6.92 Å². The van der Waals surface area contributed by atoms with E-state index in [0.717, 1.165) is 0 Å². The van der Waals surface area contributed by atoms with Crippen LogP contribution >= 0.6 is 0 Å². The van der Waals surface area contributed by atoms with Crippen molar-refractivity contribution in [3.8, 4) is 6.07 Å². The molecule has 0 radical (unpaired) electrons. The molecule has 0 aliphatic heterocycles. The van der Waals surface area contributed by atoms with Crippen LogP contribution in [0, 0.1) is 16.7 Å². The zero-order valence-electron chi connectivity index (χ0n) is 10.1. The summed E-state index contributed by atoms with van der Waals surface area (Å²) in [5.41, 5.74) is -0.447. The van der Waals surface area contributed by atoms with Crippen molar-refractivity contribution in [3.05, 3.63) is 0 Å². The van der Waals surface area contributed by atoms with Gasteiger partial charge in [0.1, 0.15) is 0 Å². The van der Waals surface area contributed by atoms with E-state index in [4.69, 9.17) is 5.26 Å². The zero-order valence-corrected chi connectivity index (χ0v) is 10.1. The van der Waals surface area contributed by atoms with Gasteiger partial charge in [-0.05, 0) is 39.8 Å². The largest absolute Gasteiger partial charge is 0.401 e. The molecule has 0 aromatic carbocycles. The molecule has 0 aromatic heterocycles. The summed E-state index contributed by atoms with van der Waals surface area (Å²) in [6, 6.07) is 2.14. The van der Waals surface area contributed by atoms with E-state index in [-0.39, 0.29) is 0 Å². The Bertz CT molecular complexity index is 241. The highest BCUT2D eigenvalue weighted by Crippen LogP contribution is 2.22. The molecule has 16 heavy (non-hydrogen) atoms. The lowest BCUT2D eigenvalue weighted by atomic mass is 9.90.